The summed E-state index contributed by atoms with van der Waals surface area (Å²) in [6, 6.07) is 7.59. The number of carboxylic acids is 1. The number of allylic oxidation sites excluding steroid dienone is 2. The van der Waals surface area contributed by atoms with Crippen LogP contribution in [0.4, 0.5) is 10.7 Å². The normalized spacial score (nSPS) is 25.5. The van der Waals surface area contributed by atoms with E-state index in [0.717, 1.165) is 41.0 Å². The number of thiophene rings is 1. The molecule has 0 unspecified atom stereocenters. The predicted octanol–water partition coefficient (Wildman–Crippen LogP) is 4.26. The average molecular weight is 437 g/mol. The summed E-state index contributed by atoms with van der Waals surface area (Å²) in [6.07, 6.45) is 7.31. The van der Waals surface area contributed by atoms with Gasteiger partial charge in [-0.2, -0.15) is 0 Å². The standard InChI is InChI=1S/C24H24N2O4S/c1-12-5-2-3-7-16(12)25-22(28)20-15-6-4-8-17(15)31-23(20)26-21(27)18-13-9-10-14(11-13)19(18)24(29)30/h2-3,5,7,9-10,13-14,18-19H,4,6,8,11H2,1H3,(H,25,28)(H,26,27)(H,29,30)/t13-,14+,18-,19+/m1/s1. The fourth-order valence-corrected chi connectivity index (χ4v) is 6.63. The third kappa shape index (κ3) is 3.37. The molecule has 0 aliphatic heterocycles. The smallest absolute Gasteiger partial charge is 0.307 e. The number of aliphatic carboxylic acids is 1. The van der Waals surface area contributed by atoms with Gasteiger partial charge in [-0.25, -0.2) is 0 Å². The molecule has 1 fully saturated rings. The number of para-hydroxylation sites is 1. The van der Waals surface area contributed by atoms with Crippen molar-refractivity contribution in [3.05, 3.63) is 58.0 Å². The lowest BCUT2D eigenvalue weighted by molar-refractivity contribution is -0.146. The van der Waals surface area contributed by atoms with Gasteiger partial charge in [0.15, 0.2) is 0 Å². The number of benzene rings is 1. The van der Waals surface area contributed by atoms with Gasteiger partial charge in [0, 0.05) is 10.6 Å². The van der Waals surface area contributed by atoms with Crippen molar-refractivity contribution in [1.29, 1.82) is 0 Å². The van der Waals surface area contributed by atoms with Gasteiger partial charge in [-0.1, -0.05) is 30.4 Å². The molecule has 160 valence electrons. The number of aryl methyl sites for hydroxylation is 2. The van der Waals surface area contributed by atoms with E-state index in [2.05, 4.69) is 10.6 Å². The number of hydrogen-bond acceptors (Lipinski definition) is 4. The second-order valence-electron chi connectivity index (χ2n) is 8.66. The van der Waals surface area contributed by atoms with Crippen LogP contribution in [0.25, 0.3) is 0 Å². The summed E-state index contributed by atoms with van der Waals surface area (Å²) in [5, 5.41) is 16.2. The van der Waals surface area contributed by atoms with Crippen molar-refractivity contribution in [2.24, 2.45) is 23.7 Å². The zero-order chi connectivity index (χ0) is 21.7. The maximum Gasteiger partial charge on any atom is 0.307 e. The van der Waals surface area contributed by atoms with E-state index < -0.39 is 17.8 Å². The van der Waals surface area contributed by atoms with Crippen LogP contribution >= 0.6 is 11.3 Å². The lowest BCUT2D eigenvalue weighted by Crippen LogP contribution is -2.36. The van der Waals surface area contributed by atoms with Crippen LogP contribution in [0.15, 0.2) is 36.4 Å². The summed E-state index contributed by atoms with van der Waals surface area (Å²) in [6.45, 7) is 1.94. The van der Waals surface area contributed by atoms with Crippen molar-refractivity contribution in [3.63, 3.8) is 0 Å². The zero-order valence-corrected chi connectivity index (χ0v) is 18.0. The number of rotatable bonds is 5. The van der Waals surface area contributed by atoms with Crippen LogP contribution in [-0.2, 0) is 22.4 Å². The Morgan fingerprint density at radius 3 is 2.52 bits per heavy atom. The number of carboxylic acid groups (broad SMARTS) is 1. The summed E-state index contributed by atoms with van der Waals surface area (Å²) in [5.74, 6) is -2.90. The largest absolute Gasteiger partial charge is 0.481 e. The van der Waals surface area contributed by atoms with Crippen LogP contribution < -0.4 is 10.6 Å². The maximum atomic E-state index is 13.2. The zero-order valence-electron chi connectivity index (χ0n) is 17.2. The van der Waals surface area contributed by atoms with Crippen LogP contribution in [0, 0.1) is 30.6 Å². The van der Waals surface area contributed by atoms with Gasteiger partial charge in [0.05, 0.1) is 17.4 Å². The van der Waals surface area contributed by atoms with E-state index in [9.17, 15) is 19.5 Å². The maximum absolute atomic E-state index is 13.2. The summed E-state index contributed by atoms with van der Waals surface area (Å²) >= 11 is 1.45. The van der Waals surface area contributed by atoms with E-state index in [-0.39, 0.29) is 23.7 Å². The Labute approximate surface area is 184 Å². The van der Waals surface area contributed by atoms with Crippen molar-refractivity contribution in [2.75, 3.05) is 10.6 Å². The van der Waals surface area contributed by atoms with Crippen LogP contribution in [0.1, 0.15) is 39.2 Å². The Hall–Kier alpha value is -2.93. The highest BCUT2D eigenvalue weighted by Crippen LogP contribution is 2.49. The fourth-order valence-electron chi connectivity index (χ4n) is 5.34. The topological polar surface area (TPSA) is 95.5 Å². The van der Waals surface area contributed by atoms with Crippen LogP contribution in [0.2, 0.25) is 0 Å². The highest BCUT2D eigenvalue weighted by Gasteiger charge is 2.51. The molecule has 2 bridgehead atoms. The minimum Gasteiger partial charge on any atom is -0.481 e. The first kappa shape index (κ1) is 20.0. The van der Waals surface area contributed by atoms with E-state index in [1.807, 2.05) is 43.3 Å². The van der Waals surface area contributed by atoms with Crippen molar-refractivity contribution in [3.8, 4) is 0 Å². The van der Waals surface area contributed by atoms with Gasteiger partial charge < -0.3 is 15.7 Å². The first-order valence-corrected chi connectivity index (χ1v) is 11.5. The Morgan fingerprint density at radius 1 is 1.03 bits per heavy atom. The number of nitrogens with one attached hydrogen (secondary N) is 2. The van der Waals surface area contributed by atoms with Gasteiger partial charge in [-0.05, 0) is 61.6 Å². The molecule has 7 heteroatoms. The third-order valence-electron chi connectivity index (χ3n) is 6.83. The molecule has 0 spiro atoms. The number of carbonyl (C=O) groups excluding carboxylic acids is 2. The van der Waals surface area contributed by atoms with Crippen molar-refractivity contribution in [1.82, 2.24) is 0 Å². The van der Waals surface area contributed by atoms with Crippen molar-refractivity contribution >= 4 is 39.8 Å². The predicted molar refractivity (Wildman–Crippen MR) is 119 cm³/mol. The van der Waals surface area contributed by atoms with Gasteiger partial charge >= 0.3 is 5.97 Å². The first-order chi connectivity index (χ1) is 14.9. The molecule has 1 aromatic carbocycles. The minimum atomic E-state index is -0.928. The van der Waals surface area contributed by atoms with Gasteiger partial charge in [0.1, 0.15) is 5.00 Å². The number of anilines is 2. The molecule has 3 N–H and O–H groups in total. The first-order valence-electron chi connectivity index (χ1n) is 10.7. The van der Waals surface area contributed by atoms with E-state index in [0.29, 0.717) is 17.0 Å². The molecular weight excluding hydrogens is 412 g/mol. The molecule has 6 nitrogen and oxygen atoms in total. The molecule has 2 aromatic rings. The Morgan fingerprint density at radius 2 is 1.77 bits per heavy atom. The molecular formula is C24H24N2O4S. The Balaban J connectivity index is 1.43. The molecule has 31 heavy (non-hydrogen) atoms. The lowest BCUT2D eigenvalue weighted by Gasteiger charge is -2.23. The van der Waals surface area contributed by atoms with Crippen molar-refractivity contribution in [2.45, 2.75) is 32.6 Å². The number of carbonyl (C=O) groups is 3. The SMILES string of the molecule is Cc1ccccc1NC(=O)c1c(NC(=O)[C@H]2[C@@H](C(=O)O)[C@H]3C=C[C@@H]2C3)sc2c1CCC2. The van der Waals surface area contributed by atoms with E-state index >= 15 is 0 Å². The lowest BCUT2D eigenvalue weighted by atomic mass is 9.82. The molecule has 0 radical (unpaired) electrons. The van der Waals surface area contributed by atoms with Crippen LogP contribution in [-0.4, -0.2) is 22.9 Å². The second-order valence-corrected chi connectivity index (χ2v) is 9.76. The molecule has 1 aromatic heterocycles. The molecule has 2 amide bonds. The molecule has 1 heterocycles. The van der Waals surface area contributed by atoms with E-state index in [1.165, 1.54) is 11.3 Å². The van der Waals surface area contributed by atoms with Gasteiger partial charge in [-0.15, -0.1) is 11.3 Å². The monoisotopic (exact) mass is 436 g/mol. The highest BCUT2D eigenvalue weighted by atomic mass is 32.1. The summed E-state index contributed by atoms with van der Waals surface area (Å²) < 4.78 is 0. The van der Waals surface area contributed by atoms with Crippen LogP contribution in [0.5, 0.6) is 0 Å². The van der Waals surface area contributed by atoms with Gasteiger partial charge in [-0.3, -0.25) is 14.4 Å². The molecule has 5 rings (SSSR count). The summed E-state index contributed by atoms with van der Waals surface area (Å²) in [4.78, 5) is 39.4. The Kier molecular flexibility index (Phi) is 4.93. The summed E-state index contributed by atoms with van der Waals surface area (Å²) in [7, 11) is 0. The summed E-state index contributed by atoms with van der Waals surface area (Å²) in [5.41, 5.74) is 3.24. The average Bonchev–Trinajstić information content (AvgIpc) is 3.49. The molecule has 4 atom stereocenters. The second kappa shape index (κ2) is 7.64. The number of fused-ring (bicyclic) bond motifs is 3. The molecule has 3 aliphatic carbocycles. The molecule has 3 aliphatic rings. The van der Waals surface area contributed by atoms with Gasteiger partial charge in [0.2, 0.25) is 5.91 Å². The fraction of sp³-hybridized carbons (Fsp3) is 0.375. The van der Waals surface area contributed by atoms with E-state index in [1.54, 1.807) is 0 Å². The van der Waals surface area contributed by atoms with Gasteiger partial charge in [0.25, 0.3) is 5.91 Å². The van der Waals surface area contributed by atoms with Crippen LogP contribution in [0.3, 0.4) is 0 Å². The number of hydrogen-bond donors (Lipinski definition) is 3. The molecule has 1 saturated carbocycles. The third-order valence-corrected chi connectivity index (χ3v) is 8.03. The Bertz CT molecular complexity index is 1120. The highest BCUT2D eigenvalue weighted by molar-refractivity contribution is 7.17. The minimum absolute atomic E-state index is 0.0536. The van der Waals surface area contributed by atoms with Crippen molar-refractivity contribution < 1.29 is 19.5 Å². The quantitative estimate of drug-likeness (QED) is 0.611. The number of amides is 2. The van der Waals surface area contributed by atoms with E-state index in [4.69, 9.17) is 0 Å². The molecule has 0 saturated heterocycles.